The molecule has 1 heterocycles. The van der Waals surface area contributed by atoms with Crippen LogP contribution in [0.2, 0.25) is 5.02 Å². The number of aromatic nitrogens is 2. The normalized spacial score (nSPS) is 10.5. The lowest BCUT2D eigenvalue weighted by molar-refractivity contribution is 0.765. The Bertz CT molecular complexity index is 653. The lowest BCUT2D eigenvalue weighted by Crippen LogP contribution is -2.13. The Morgan fingerprint density at radius 1 is 1.53 bits per heavy atom. The van der Waals surface area contributed by atoms with E-state index >= 15 is 0 Å². The van der Waals surface area contributed by atoms with Crippen LogP contribution in [0.15, 0.2) is 22.7 Å². The summed E-state index contributed by atoms with van der Waals surface area (Å²) in [6.07, 6.45) is 0. The van der Waals surface area contributed by atoms with Gasteiger partial charge in [0.15, 0.2) is 0 Å². The molecule has 19 heavy (non-hydrogen) atoms. The Kier molecular flexibility index (Phi) is 4.13. The van der Waals surface area contributed by atoms with Gasteiger partial charge >= 0.3 is 0 Å². The van der Waals surface area contributed by atoms with Gasteiger partial charge in [-0.1, -0.05) is 23.8 Å². The van der Waals surface area contributed by atoms with Crippen LogP contribution >= 0.6 is 39.7 Å². The quantitative estimate of drug-likeness (QED) is 0.823. The van der Waals surface area contributed by atoms with Gasteiger partial charge < -0.3 is 11.1 Å². The minimum atomic E-state index is 0.311. The van der Waals surface area contributed by atoms with Crippen molar-refractivity contribution in [3.05, 3.63) is 39.0 Å². The van der Waals surface area contributed by atoms with Gasteiger partial charge in [-0.25, -0.2) is 0 Å². The molecule has 0 unspecified atom stereocenters. The zero-order chi connectivity index (χ0) is 14.2. The van der Waals surface area contributed by atoms with Crippen molar-refractivity contribution in [3.8, 4) is 0 Å². The smallest absolute Gasteiger partial charge is 0.138 e. The van der Waals surface area contributed by atoms with Gasteiger partial charge in [-0.15, -0.1) is 0 Å². The van der Waals surface area contributed by atoms with E-state index in [0.717, 1.165) is 27.2 Å². The molecular weight excluding hydrogens is 348 g/mol. The Morgan fingerprint density at radius 2 is 2.21 bits per heavy atom. The van der Waals surface area contributed by atoms with E-state index in [4.69, 9.17) is 29.6 Å². The third-order valence-corrected chi connectivity index (χ3v) is 3.78. The summed E-state index contributed by atoms with van der Waals surface area (Å²) in [5, 5.41) is 8.21. The number of halogens is 2. The van der Waals surface area contributed by atoms with Gasteiger partial charge in [0.05, 0.1) is 16.9 Å². The molecule has 0 aliphatic carbocycles. The van der Waals surface area contributed by atoms with E-state index in [-0.39, 0.29) is 0 Å². The number of nitrogens with one attached hydrogen (secondary N) is 1. The second-order valence-electron chi connectivity index (χ2n) is 4.05. The molecule has 2 aromatic rings. The molecule has 0 fully saturated rings. The number of nitrogens with zero attached hydrogens (tertiary/aromatic N) is 2. The van der Waals surface area contributed by atoms with Gasteiger partial charge in [0.1, 0.15) is 10.8 Å². The fourth-order valence-corrected chi connectivity index (χ4v) is 2.58. The molecule has 0 saturated carbocycles. The number of hydrogen-bond acceptors (Lipinski definition) is 3. The molecule has 0 aliphatic rings. The molecule has 0 atom stereocenters. The van der Waals surface area contributed by atoms with E-state index in [1.807, 2.05) is 26.1 Å². The number of thiocarbonyl (C=S) groups is 1. The van der Waals surface area contributed by atoms with Crippen molar-refractivity contribution >= 4 is 56.2 Å². The standard InChI is InChI=1S/C12H12BrClN4S/c1-6-10(11(15)19)12(18(2)17-6)16-9-5-7(14)3-4-8(9)13/h3-5,16H,1-2H3,(H2,15,19). The van der Waals surface area contributed by atoms with Crippen molar-refractivity contribution in [2.24, 2.45) is 12.8 Å². The van der Waals surface area contributed by atoms with Crippen LogP contribution in [0.4, 0.5) is 11.5 Å². The summed E-state index contributed by atoms with van der Waals surface area (Å²) in [7, 11) is 1.83. The minimum absolute atomic E-state index is 0.311. The van der Waals surface area contributed by atoms with Gasteiger partial charge in [-0.05, 0) is 41.1 Å². The molecule has 100 valence electrons. The van der Waals surface area contributed by atoms with E-state index in [0.29, 0.717) is 10.0 Å². The Balaban J connectivity index is 2.49. The van der Waals surface area contributed by atoms with E-state index in [2.05, 4.69) is 26.3 Å². The summed E-state index contributed by atoms with van der Waals surface area (Å²) in [6, 6.07) is 5.49. The van der Waals surface area contributed by atoms with Crippen LogP contribution < -0.4 is 11.1 Å². The molecule has 1 aromatic heterocycles. The van der Waals surface area contributed by atoms with Crippen LogP contribution in [0, 0.1) is 6.92 Å². The molecule has 0 spiro atoms. The summed E-state index contributed by atoms with van der Waals surface area (Å²) in [4.78, 5) is 0.311. The van der Waals surface area contributed by atoms with Crippen molar-refractivity contribution in [3.63, 3.8) is 0 Å². The molecule has 4 nitrogen and oxygen atoms in total. The Labute approximate surface area is 130 Å². The maximum atomic E-state index is 6.00. The summed E-state index contributed by atoms with van der Waals surface area (Å²) in [5.41, 5.74) is 8.11. The van der Waals surface area contributed by atoms with Crippen LogP contribution in [0.1, 0.15) is 11.3 Å². The Morgan fingerprint density at radius 3 is 2.84 bits per heavy atom. The maximum Gasteiger partial charge on any atom is 0.138 e. The van der Waals surface area contributed by atoms with Gasteiger partial charge in [0.2, 0.25) is 0 Å². The van der Waals surface area contributed by atoms with Gasteiger partial charge in [0.25, 0.3) is 0 Å². The van der Waals surface area contributed by atoms with Crippen LogP contribution in [0.25, 0.3) is 0 Å². The SMILES string of the molecule is Cc1nn(C)c(Nc2cc(Cl)ccc2Br)c1C(N)=S. The number of nitrogens with two attached hydrogens (primary N) is 1. The van der Waals surface area contributed by atoms with Crippen LogP contribution in [0.3, 0.4) is 0 Å². The lowest BCUT2D eigenvalue weighted by atomic mass is 10.2. The molecule has 0 amide bonds. The summed E-state index contributed by atoms with van der Waals surface area (Å²) < 4.78 is 2.60. The summed E-state index contributed by atoms with van der Waals surface area (Å²) in [6.45, 7) is 1.87. The fraction of sp³-hybridized carbons (Fsp3) is 0.167. The average molecular weight is 360 g/mol. The number of aryl methyl sites for hydroxylation is 2. The zero-order valence-electron chi connectivity index (χ0n) is 10.4. The largest absolute Gasteiger partial charge is 0.389 e. The predicted molar refractivity (Wildman–Crippen MR) is 86.3 cm³/mol. The highest BCUT2D eigenvalue weighted by molar-refractivity contribution is 9.10. The maximum absolute atomic E-state index is 6.00. The molecular formula is C12H12BrClN4S. The molecule has 3 N–H and O–H groups in total. The monoisotopic (exact) mass is 358 g/mol. The van der Waals surface area contributed by atoms with Crippen molar-refractivity contribution in [1.29, 1.82) is 0 Å². The number of hydrogen-bond donors (Lipinski definition) is 2. The van der Waals surface area contributed by atoms with Crippen molar-refractivity contribution in [2.45, 2.75) is 6.92 Å². The summed E-state index contributed by atoms with van der Waals surface area (Å²) in [5.74, 6) is 0.743. The molecule has 1 aromatic carbocycles. The third-order valence-electron chi connectivity index (χ3n) is 2.65. The van der Waals surface area contributed by atoms with E-state index < -0.39 is 0 Å². The first-order valence-electron chi connectivity index (χ1n) is 5.45. The second kappa shape index (κ2) is 5.48. The van der Waals surface area contributed by atoms with Gasteiger partial charge in [-0.3, -0.25) is 4.68 Å². The second-order valence-corrected chi connectivity index (χ2v) is 5.78. The first-order valence-corrected chi connectivity index (χ1v) is 7.03. The average Bonchev–Trinajstić information content (AvgIpc) is 2.59. The first-order chi connectivity index (χ1) is 8.90. The first kappa shape index (κ1) is 14.3. The van der Waals surface area contributed by atoms with Crippen LogP contribution in [-0.4, -0.2) is 14.8 Å². The van der Waals surface area contributed by atoms with Crippen LogP contribution in [0.5, 0.6) is 0 Å². The molecule has 0 aliphatic heterocycles. The topological polar surface area (TPSA) is 55.9 Å². The fourth-order valence-electron chi connectivity index (χ4n) is 1.82. The van der Waals surface area contributed by atoms with Crippen molar-refractivity contribution in [2.75, 3.05) is 5.32 Å². The number of rotatable bonds is 3. The highest BCUT2D eigenvalue weighted by atomic mass is 79.9. The number of anilines is 2. The van der Waals surface area contributed by atoms with E-state index in [9.17, 15) is 0 Å². The summed E-state index contributed by atoms with van der Waals surface area (Å²) >= 11 is 14.5. The van der Waals surface area contributed by atoms with Crippen molar-refractivity contribution < 1.29 is 0 Å². The van der Waals surface area contributed by atoms with Gasteiger partial charge in [0, 0.05) is 16.5 Å². The van der Waals surface area contributed by atoms with E-state index in [1.54, 1.807) is 10.7 Å². The molecule has 0 bridgehead atoms. The van der Waals surface area contributed by atoms with Crippen molar-refractivity contribution in [1.82, 2.24) is 9.78 Å². The molecule has 7 heteroatoms. The Hall–Kier alpha value is -1.11. The van der Waals surface area contributed by atoms with E-state index in [1.165, 1.54) is 0 Å². The minimum Gasteiger partial charge on any atom is -0.389 e. The molecule has 0 saturated heterocycles. The third kappa shape index (κ3) is 2.91. The highest BCUT2D eigenvalue weighted by Crippen LogP contribution is 2.30. The predicted octanol–water partition coefficient (Wildman–Crippen LogP) is 3.52. The number of benzene rings is 1. The molecule has 2 rings (SSSR count). The van der Waals surface area contributed by atoms with Crippen LogP contribution in [-0.2, 0) is 7.05 Å². The lowest BCUT2D eigenvalue weighted by Gasteiger charge is -2.11. The zero-order valence-corrected chi connectivity index (χ0v) is 13.5. The highest BCUT2D eigenvalue weighted by Gasteiger charge is 2.16. The van der Waals surface area contributed by atoms with Gasteiger partial charge in [-0.2, -0.15) is 5.10 Å². The molecule has 0 radical (unpaired) electrons.